The average molecular weight is 388 g/mol. The van der Waals surface area contributed by atoms with Crippen LogP contribution in [-0.4, -0.2) is 90.2 Å². The van der Waals surface area contributed by atoms with Crippen LogP contribution in [0.15, 0.2) is 23.3 Å². The molecule has 2 aliphatic rings. The molecule has 7 unspecified atom stereocenters. The van der Waals surface area contributed by atoms with Crippen LogP contribution in [0.4, 0.5) is 0 Å². The summed E-state index contributed by atoms with van der Waals surface area (Å²) >= 11 is 0. The molecular weight excluding hydrogens is 356 g/mol. The number of hydrogen-bond donors (Lipinski definition) is 7. The second-order valence-electron chi connectivity index (χ2n) is 8.09. The fourth-order valence-corrected chi connectivity index (χ4v) is 3.77. The number of aliphatic hydroxyl groups is 7. The smallest absolute Gasteiger partial charge is 0.126 e. The fourth-order valence-electron chi connectivity index (χ4n) is 3.77. The van der Waals surface area contributed by atoms with Crippen molar-refractivity contribution in [3.8, 4) is 0 Å². The molecule has 0 aromatic rings. The summed E-state index contributed by atoms with van der Waals surface area (Å²) in [6.45, 7) is 4.33. The van der Waals surface area contributed by atoms with E-state index in [4.69, 9.17) is 4.74 Å². The first-order valence-corrected chi connectivity index (χ1v) is 9.31. The van der Waals surface area contributed by atoms with Gasteiger partial charge in [-0.1, -0.05) is 25.5 Å². The molecule has 0 aromatic carbocycles. The number of fused-ring (bicyclic) bond motifs is 1. The zero-order valence-corrected chi connectivity index (χ0v) is 16.0. The van der Waals surface area contributed by atoms with Gasteiger partial charge in [0.15, 0.2) is 0 Å². The molecule has 0 saturated carbocycles. The molecule has 1 aliphatic carbocycles. The van der Waals surface area contributed by atoms with Gasteiger partial charge in [0.1, 0.15) is 23.9 Å². The molecule has 0 spiro atoms. The van der Waals surface area contributed by atoms with Crippen molar-refractivity contribution in [2.75, 3.05) is 6.61 Å². The highest BCUT2D eigenvalue weighted by Gasteiger charge is 2.60. The molecule has 1 aliphatic heterocycles. The van der Waals surface area contributed by atoms with Gasteiger partial charge >= 0.3 is 0 Å². The van der Waals surface area contributed by atoms with Crippen molar-refractivity contribution < 1.29 is 40.5 Å². The Morgan fingerprint density at radius 3 is 2.44 bits per heavy atom. The molecule has 0 amide bonds. The molecule has 8 heteroatoms. The van der Waals surface area contributed by atoms with Crippen molar-refractivity contribution in [3.05, 3.63) is 23.3 Å². The quantitative estimate of drug-likeness (QED) is 0.286. The van der Waals surface area contributed by atoms with Crippen LogP contribution in [0.3, 0.4) is 0 Å². The van der Waals surface area contributed by atoms with E-state index in [9.17, 15) is 35.7 Å². The minimum Gasteiger partial charge on any atom is -0.392 e. The van der Waals surface area contributed by atoms with E-state index in [1.807, 2.05) is 6.92 Å². The van der Waals surface area contributed by atoms with Gasteiger partial charge in [0.05, 0.1) is 30.5 Å². The lowest BCUT2D eigenvalue weighted by molar-refractivity contribution is -0.149. The van der Waals surface area contributed by atoms with E-state index in [1.165, 1.54) is 26.0 Å². The summed E-state index contributed by atoms with van der Waals surface area (Å²) in [5.41, 5.74) is -2.89. The topological polar surface area (TPSA) is 151 Å². The molecule has 7 N–H and O–H groups in total. The van der Waals surface area contributed by atoms with E-state index in [0.29, 0.717) is 12.8 Å². The number of ether oxygens (including phenoxy) is 1. The molecule has 8 nitrogen and oxygen atoms in total. The Morgan fingerprint density at radius 2 is 1.93 bits per heavy atom. The highest BCUT2D eigenvalue weighted by molar-refractivity contribution is 5.41. The van der Waals surface area contributed by atoms with Gasteiger partial charge in [-0.25, -0.2) is 0 Å². The van der Waals surface area contributed by atoms with Crippen LogP contribution in [0.2, 0.25) is 0 Å². The van der Waals surface area contributed by atoms with Crippen molar-refractivity contribution in [2.24, 2.45) is 0 Å². The Kier molecular flexibility index (Phi) is 6.87. The van der Waals surface area contributed by atoms with Gasteiger partial charge in [0, 0.05) is 6.42 Å². The third-order valence-electron chi connectivity index (χ3n) is 5.49. The van der Waals surface area contributed by atoms with E-state index in [1.54, 1.807) is 0 Å². The molecule has 0 radical (unpaired) electrons. The van der Waals surface area contributed by atoms with Gasteiger partial charge in [-0.3, -0.25) is 0 Å². The molecule has 2 rings (SSSR count). The van der Waals surface area contributed by atoms with Crippen LogP contribution in [0.1, 0.15) is 40.0 Å². The summed E-state index contributed by atoms with van der Waals surface area (Å²) < 4.78 is 5.74. The lowest BCUT2D eigenvalue weighted by atomic mass is 9.72. The van der Waals surface area contributed by atoms with Gasteiger partial charge in [0.2, 0.25) is 0 Å². The maximum absolute atomic E-state index is 10.9. The van der Waals surface area contributed by atoms with Gasteiger partial charge < -0.3 is 40.5 Å². The van der Waals surface area contributed by atoms with Crippen LogP contribution < -0.4 is 0 Å². The Labute approximate surface area is 159 Å². The van der Waals surface area contributed by atoms with Crippen molar-refractivity contribution in [2.45, 2.75) is 87.9 Å². The van der Waals surface area contributed by atoms with Crippen LogP contribution in [0.5, 0.6) is 0 Å². The van der Waals surface area contributed by atoms with Gasteiger partial charge in [-0.05, 0) is 31.4 Å². The molecule has 7 atom stereocenters. The summed E-state index contributed by atoms with van der Waals surface area (Å²) in [5.74, 6) is 0. The Hall–Kier alpha value is -0.840. The largest absolute Gasteiger partial charge is 0.392 e. The van der Waals surface area contributed by atoms with Crippen molar-refractivity contribution >= 4 is 0 Å². The molecule has 1 fully saturated rings. The van der Waals surface area contributed by atoms with Crippen molar-refractivity contribution in [1.82, 2.24) is 0 Å². The van der Waals surface area contributed by atoms with Gasteiger partial charge in [0.25, 0.3) is 0 Å². The van der Waals surface area contributed by atoms with Crippen LogP contribution in [-0.2, 0) is 4.74 Å². The summed E-state index contributed by atoms with van der Waals surface area (Å²) in [6, 6.07) is 0. The molecular formula is C19H32O8. The minimum atomic E-state index is -1.86. The maximum atomic E-state index is 10.9. The van der Waals surface area contributed by atoms with Crippen LogP contribution >= 0.6 is 0 Å². The summed E-state index contributed by atoms with van der Waals surface area (Å²) in [4.78, 5) is 0. The van der Waals surface area contributed by atoms with E-state index in [-0.39, 0.29) is 17.6 Å². The van der Waals surface area contributed by atoms with Crippen molar-refractivity contribution in [1.29, 1.82) is 0 Å². The van der Waals surface area contributed by atoms with E-state index < -0.39 is 54.4 Å². The normalized spacial score (nSPS) is 37.0. The second-order valence-corrected chi connectivity index (χ2v) is 8.09. The molecule has 1 saturated heterocycles. The molecule has 0 aromatic heterocycles. The summed E-state index contributed by atoms with van der Waals surface area (Å²) in [5, 5.41) is 71.8. The van der Waals surface area contributed by atoms with E-state index in [0.717, 1.165) is 0 Å². The predicted molar refractivity (Wildman–Crippen MR) is 96.7 cm³/mol. The van der Waals surface area contributed by atoms with Gasteiger partial charge in [-0.2, -0.15) is 0 Å². The average Bonchev–Trinajstić information content (AvgIpc) is 2.96. The van der Waals surface area contributed by atoms with Crippen LogP contribution in [0, 0.1) is 0 Å². The number of aliphatic hydroxyl groups excluding tert-OH is 5. The molecule has 156 valence electrons. The summed E-state index contributed by atoms with van der Waals surface area (Å²) in [6.07, 6.45) is -3.67. The minimum absolute atomic E-state index is 0.110. The standard InChI is InChI=1S/C19H32O8/c1-4-5-12(21)13(22)7-6-10-11(9-20)17-19(26,16(24)15(10)23)8-14(27-17)18(2,3)25/h6-7,12-17,20-26H,4-5,8-9H2,1-3H3/b7-6+. The zero-order valence-electron chi connectivity index (χ0n) is 16.0. The first-order chi connectivity index (χ1) is 12.5. The van der Waals surface area contributed by atoms with Gasteiger partial charge in [-0.15, -0.1) is 0 Å². The SMILES string of the molecule is CCCC(O)C(O)/C=C/C1=C(CO)C2OC(C(C)(C)O)CC2(O)C(O)C1O. The molecule has 27 heavy (non-hydrogen) atoms. The highest BCUT2D eigenvalue weighted by Crippen LogP contribution is 2.46. The van der Waals surface area contributed by atoms with Crippen molar-refractivity contribution in [3.63, 3.8) is 0 Å². The predicted octanol–water partition coefficient (Wildman–Crippen LogP) is -1.25. The van der Waals surface area contributed by atoms with E-state index >= 15 is 0 Å². The van der Waals surface area contributed by atoms with E-state index in [2.05, 4.69) is 0 Å². The first-order valence-electron chi connectivity index (χ1n) is 9.31. The second kappa shape index (κ2) is 8.26. The monoisotopic (exact) mass is 388 g/mol. The molecule has 0 bridgehead atoms. The lowest BCUT2D eigenvalue weighted by Crippen LogP contribution is -2.59. The number of hydrogen-bond acceptors (Lipinski definition) is 8. The van der Waals surface area contributed by atoms with Crippen LogP contribution in [0.25, 0.3) is 0 Å². The first kappa shape index (κ1) is 22.4. The summed E-state index contributed by atoms with van der Waals surface area (Å²) in [7, 11) is 0. The lowest BCUT2D eigenvalue weighted by Gasteiger charge is -2.42. The zero-order chi connectivity index (χ0) is 20.6. The Balaban J connectivity index is 2.37. The third-order valence-corrected chi connectivity index (χ3v) is 5.49. The fraction of sp³-hybridized carbons (Fsp3) is 0.789. The highest BCUT2D eigenvalue weighted by atomic mass is 16.5. The molecule has 1 heterocycles. The Bertz CT molecular complexity index is 581. The Morgan fingerprint density at radius 1 is 1.30 bits per heavy atom. The third kappa shape index (κ3) is 4.28. The number of rotatable bonds is 7. The maximum Gasteiger partial charge on any atom is 0.126 e.